The SMILES string of the molecule is COc1ccc(S(=O)(=O)N2CCN(CCC(=O)Nc3c(Cl)cccc3Cl)CC2)cc1. The number of anilines is 1. The summed E-state index contributed by atoms with van der Waals surface area (Å²) in [5, 5.41) is 3.50. The van der Waals surface area contributed by atoms with E-state index in [9.17, 15) is 13.2 Å². The normalized spacial score (nSPS) is 15.7. The van der Waals surface area contributed by atoms with Crippen molar-refractivity contribution in [2.75, 3.05) is 45.2 Å². The number of carbonyl (C=O) groups is 1. The first-order chi connectivity index (χ1) is 14.3. The molecule has 3 rings (SSSR count). The number of halogens is 2. The average Bonchev–Trinajstić information content (AvgIpc) is 2.75. The zero-order chi connectivity index (χ0) is 21.7. The van der Waals surface area contributed by atoms with Gasteiger partial charge in [0.15, 0.2) is 0 Å². The lowest BCUT2D eigenvalue weighted by atomic mass is 10.2. The molecule has 1 aliphatic rings. The molecule has 2 aromatic carbocycles. The van der Waals surface area contributed by atoms with Crippen molar-refractivity contribution in [3.63, 3.8) is 0 Å². The van der Waals surface area contributed by atoms with Crippen LogP contribution >= 0.6 is 23.2 Å². The van der Waals surface area contributed by atoms with E-state index in [0.29, 0.717) is 54.2 Å². The summed E-state index contributed by atoms with van der Waals surface area (Å²) >= 11 is 12.1. The number of methoxy groups -OCH3 is 1. The molecule has 7 nitrogen and oxygen atoms in total. The van der Waals surface area contributed by atoms with Gasteiger partial charge in [0.2, 0.25) is 15.9 Å². The molecule has 30 heavy (non-hydrogen) atoms. The van der Waals surface area contributed by atoms with Gasteiger partial charge >= 0.3 is 0 Å². The predicted octanol–water partition coefficient (Wildman–Crippen LogP) is 3.34. The molecular weight excluding hydrogens is 449 g/mol. The van der Waals surface area contributed by atoms with Crippen molar-refractivity contribution in [2.24, 2.45) is 0 Å². The van der Waals surface area contributed by atoms with Crippen molar-refractivity contribution in [3.05, 3.63) is 52.5 Å². The number of benzene rings is 2. The van der Waals surface area contributed by atoms with E-state index >= 15 is 0 Å². The second kappa shape index (κ2) is 9.98. The van der Waals surface area contributed by atoms with Gasteiger partial charge in [0.1, 0.15) is 5.75 Å². The summed E-state index contributed by atoms with van der Waals surface area (Å²) < 4.78 is 32.2. The Hall–Kier alpha value is -1.84. The zero-order valence-corrected chi connectivity index (χ0v) is 18.8. The summed E-state index contributed by atoms with van der Waals surface area (Å²) in [5.41, 5.74) is 0.404. The van der Waals surface area contributed by atoms with E-state index in [1.165, 1.54) is 11.4 Å². The number of nitrogens with zero attached hydrogens (tertiary/aromatic N) is 2. The highest BCUT2D eigenvalue weighted by molar-refractivity contribution is 7.89. The molecule has 2 aromatic rings. The molecule has 0 atom stereocenters. The molecule has 1 N–H and O–H groups in total. The lowest BCUT2D eigenvalue weighted by Crippen LogP contribution is -2.49. The van der Waals surface area contributed by atoms with E-state index in [0.717, 1.165) is 0 Å². The summed E-state index contributed by atoms with van der Waals surface area (Å²) in [7, 11) is -2.02. The summed E-state index contributed by atoms with van der Waals surface area (Å²) in [6.45, 7) is 2.36. The van der Waals surface area contributed by atoms with Gasteiger partial charge in [0, 0.05) is 39.1 Å². The molecule has 1 saturated heterocycles. The molecule has 1 fully saturated rings. The van der Waals surface area contributed by atoms with E-state index in [4.69, 9.17) is 27.9 Å². The number of ether oxygens (including phenoxy) is 1. The fourth-order valence-electron chi connectivity index (χ4n) is 3.17. The third-order valence-corrected chi connectivity index (χ3v) is 7.45. The molecule has 0 spiro atoms. The maximum atomic E-state index is 12.8. The van der Waals surface area contributed by atoms with Gasteiger partial charge in [-0.05, 0) is 36.4 Å². The molecule has 0 aliphatic carbocycles. The molecule has 0 bridgehead atoms. The van der Waals surface area contributed by atoms with Crippen molar-refractivity contribution in [3.8, 4) is 5.75 Å². The maximum absolute atomic E-state index is 12.8. The van der Waals surface area contributed by atoms with Gasteiger partial charge < -0.3 is 15.0 Å². The summed E-state index contributed by atoms with van der Waals surface area (Å²) in [5.74, 6) is 0.411. The van der Waals surface area contributed by atoms with E-state index in [1.54, 1.807) is 42.5 Å². The predicted molar refractivity (Wildman–Crippen MR) is 118 cm³/mol. The molecular formula is C20H23Cl2N3O4S. The van der Waals surface area contributed by atoms with E-state index in [2.05, 4.69) is 10.2 Å². The van der Waals surface area contributed by atoms with E-state index in [-0.39, 0.29) is 17.2 Å². The zero-order valence-electron chi connectivity index (χ0n) is 16.5. The number of para-hydroxylation sites is 1. The first kappa shape index (κ1) is 22.8. The summed E-state index contributed by atoms with van der Waals surface area (Å²) in [6.07, 6.45) is 0.257. The van der Waals surface area contributed by atoms with Crippen LogP contribution in [0.15, 0.2) is 47.4 Å². The van der Waals surface area contributed by atoms with E-state index in [1.807, 2.05) is 0 Å². The lowest BCUT2D eigenvalue weighted by molar-refractivity contribution is -0.116. The Balaban J connectivity index is 1.50. The van der Waals surface area contributed by atoms with Crippen LogP contribution in [0.3, 0.4) is 0 Å². The molecule has 0 radical (unpaired) electrons. The molecule has 1 amide bonds. The van der Waals surface area contributed by atoms with Gasteiger partial charge in [-0.3, -0.25) is 4.79 Å². The van der Waals surface area contributed by atoms with Crippen LogP contribution in [0.25, 0.3) is 0 Å². The highest BCUT2D eigenvalue weighted by atomic mass is 35.5. The Morgan fingerprint density at radius 1 is 1.03 bits per heavy atom. The monoisotopic (exact) mass is 471 g/mol. The van der Waals surface area contributed by atoms with Crippen LogP contribution in [0.4, 0.5) is 5.69 Å². The molecule has 1 heterocycles. The number of amides is 1. The van der Waals surface area contributed by atoms with E-state index < -0.39 is 10.0 Å². The number of rotatable bonds is 7. The molecule has 1 aliphatic heterocycles. The van der Waals surface area contributed by atoms with Crippen molar-refractivity contribution < 1.29 is 17.9 Å². The topological polar surface area (TPSA) is 79.0 Å². The first-order valence-electron chi connectivity index (χ1n) is 9.41. The van der Waals surface area contributed by atoms with Gasteiger partial charge in [0.05, 0.1) is 27.7 Å². The third-order valence-electron chi connectivity index (χ3n) is 4.91. The van der Waals surface area contributed by atoms with Gasteiger partial charge in [-0.25, -0.2) is 8.42 Å². The summed E-state index contributed by atoms with van der Waals surface area (Å²) in [4.78, 5) is 14.6. The third kappa shape index (κ3) is 5.44. The van der Waals surface area contributed by atoms with Gasteiger partial charge in [-0.1, -0.05) is 29.3 Å². The minimum absolute atomic E-state index is 0.196. The highest BCUT2D eigenvalue weighted by Crippen LogP contribution is 2.29. The van der Waals surface area contributed by atoms with Gasteiger partial charge in [-0.2, -0.15) is 4.31 Å². The quantitative estimate of drug-likeness (QED) is 0.669. The van der Waals surface area contributed by atoms with Crippen LogP contribution in [-0.4, -0.2) is 63.4 Å². The lowest BCUT2D eigenvalue weighted by Gasteiger charge is -2.33. The van der Waals surface area contributed by atoms with Crippen LogP contribution in [0.5, 0.6) is 5.75 Å². The number of piperazine rings is 1. The maximum Gasteiger partial charge on any atom is 0.243 e. The van der Waals surface area contributed by atoms with Crippen LogP contribution < -0.4 is 10.1 Å². The fraction of sp³-hybridized carbons (Fsp3) is 0.350. The Morgan fingerprint density at radius 2 is 1.63 bits per heavy atom. The van der Waals surface area contributed by atoms with Crippen LogP contribution in [0.2, 0.25) is 10.0 Å². The molecule has 10 heteroatoms. The molecule has 0 unspecified atom stereocenters. The van der Waals surface area contributed by atoms with Crippen LogP contribution in [0, 0.1) is 0 Å². The van der Waals surface area contributed by atoms with Crippen molar-refractivity contribution >= 4 is 44.8 Å². The average molecular weight is 472 g/mol. The fourth-order valence-corrected chi connectivity index (χ4v) is 5.08. The number of sulfonamides is 1. The van der Waals surface area contributed by atoms with Crippen LogP contribution in [-0.2, 0) is 14.8 Å². The van der Waals surface area contributed by atoms with Crippen LogP contribution in [0.1, 0.15) is 6.42 Å². The summed E-state index contributed by atoms with van der Waals surface area (Å²) in [6, 6.07) is 11.4. The number of nitrogens with one attached hydrogen (secondary N) is 1. The minimum atomic E-state index is -3.55. The van der Waals surface area contributed by atoms with Crippen molar-refractivity contribution in [1.82, 2.24) is 9.21 Å². The Kier molecular flexibility index (Phi) is 7.60. The Labute approximate surface area is 186 Å². The minimum Gasteiger partial charge on any atom is -0.497 e. The number of carbonyl (C=O) groups excluding carboxylic acids is 1. The standard InChI is InChI=1S/C20H23Cl2N3O4S/c1-29-15-5-7-16(8-6-15)30(27,28)25-13-11-24(12-14-25)10-9-19(26)23-20-17(21)3-2-4-18(20)22/h2-8H,9-14H2,1H3,(H,23,26). The Morgan fingerprint density at radius 3 is 2.20 bits per heavy atom. The van der Waals surface area contributed by atoms with Crippen molar-refractivity contribution in [2.45, 2.75) is 11.3 Å². The second-order valence-electron chi connectivity index (χ2n) is 6.82. The molecule has 0 aromatic heterocycles. The molecule has 0 saturated carbocycles. The van der Waals surface area contributed by atoms with Gasteiger partial charge in [-0.15, -0.1) is 0 Å². The Bertz CT molecular complexity index is 971. The van der Waals surface area contributed by atoms with Crippen molar-refractivity contribution in [1.29, 1.82) is 0 Å². The molecule has 162 valence electrons. The highest BCUT2D eigenvalue weighted by Gasteiger charge is 2.28. The number of hydrogen-bond donors (Lipinski definition) is 1. The van der Waals surface area contributed by atoms with Gasteiger partial charge in [0.25, 0.3) is 0 Å². The second-order valence-corrected chi connectivity index (χ2v) is 9.57. The largest absolute Gasteiger partial charge is 0.497 e. The smallest absolute Gasteiger partial charge is 0.243 e. The first-order valence-corrected chi connectivity index (χ1v) is 11.6. The number of hydrogen-bond acceptors (Lipinski definition) is 5.